The van der Waals surface area contributed by atoms with Crippen LogP contribution in [-0.4, -0.2) is 35.6 Å². The lowest BCUT2D eigenvalue weighted by Gasteiger charge is -2.21. The molecule has 0 aliphatic heterocycles. The Bertz CT molecular complexity index is 508. The SMILES string of the molecule is CCCn1cc(S(=O)(=O)N(CC)CC(C)C)c(N)n1. The molecular weight excluding hydrogens is 264 g/mol. The minimum Gasteiger partial charge on any atom is -0.381 e. The highest BCUT2D eigenvalue weighted by molar-refractivity contribution is 7.89. The molecule has 1 heterocycles. The summed E-state index contributed by atoms with van der Waals surface area (Å²) in [6.45, 7) is 9.38. The predicted molar refractivity (Wildman–Crippen MR) is 76.2 cm³/mol. The summed E-state index contributed by atoms with van der Waals surface area (Å²) in [6, 6.07) is 0. The minimum atomic E-state index is -3.55. The van der Waals surface area contributed by atoms with Gasteiger partial charge in [-0.05, 0) is 12.3 Å². The molecule has 0 atom stereocenters. The molecule has 0 aromatic carbocycles. The fourth-order valence-corrected chi connectivity index (χ4v) is 3.58. The summed E-state index contributed by atoms with van der Waals surface area (Å²) in [4.78, 5) is 0.114. The van der Waals surface area contributed by atoms with Crippen molar-refractivity contribution in [3.8, 4) is 0 Å². The van der Waals surface area contributed by atoms with Crippen LogP contribution in [0.2, 0.25) is 0 Å². The number of hydrogen-bond acceptors (Lipinski definition) is 4. The summed E-state index contributed by atoms with van der Waals surface area (Å²) < 4.78 is 28.1. The summed E-state index contributed by atoms with van der Waals surface area (Å²) in [7, 11) is -3.55. The van der Waals surface area contributed by atoms with Crippen LogP contribution in [0.4, 0.5) is 5.82 Å². The summed E-state index contributed by atoms with van der Waals surface area (Å²) in [5.41, 5.74) is 5.74. The highest BCUT2D eigenvalue weighted by Gasteiger charge is 2.28. The fourth-order valence-electron chi connectivity index (χ4n) is 1.90. The Hall–Kier alpha value is -1.08. The molecule has 0 aliphatic carbocycles. The van der Waals surface area contributed by atoms with Gasteiger partial charge in [-0.1, -0.05) is 27.7 Å². The van der Waals surface area contributed by atoms with E-state index in [1.54, 1.807) is 4.68 Å². The third kappa shape index (κ3) is 3.70. The number of hydrogen-bond donors (Lipinski definition) is 1. The van der Waals surface area contributed by atoms with E-state index in [9.17, 15) is 8.42 Å². The van der Waals surface area contributed by atoms with E-state index in [4.69, 9.17) is 5.73 Å². The number of sulfonamides is 1. The van der Waals surface area contributed by atoms with Crippen LogP contribution in [0.5, 0.6) is 0 Å². The van der Waals surface area contributed by atoms with E-state index in [1.165, 1.54) is 10.5 Å². The molecule has 2 N–H and O–H groups in total. The second-order valence-corrected chi connectivity index (χ2v) is 6.90. The normalized spacial score (nSPS) is 12.5. The minimum absolute atomic E-state index is 0.0793. The van der Waals surface area contributed by atoms with Gasteiger partial charge in [0, 0.05) is 25.8 Å². The lowest BCUT2D eigenvalue weighted by molar-refractivity contribution is 0.381. The number of aryl methyl sites for hydroxylation is 1. The second-order valence-electron chi connectivity index (χ2n) is 4.99. The Kier molecular flexibility index (Phi) is 5.37. The van der Waals surface area contributed by atoms with Crippen molar-refractivity contribution >= 4 is 15.8 Å². The molecule has 0 saturated heterocycles. The maximum Gasteiger partial charge on any atom is 0.248 e. The molecule has 0 spiro atoms. The Morgan fingerprint density at radius 3 is 2.53 bits per heavy atom. The highest BCUT2D eigenvalue weighted by Crippen LogP contribution is 2.22. The molecule has 0 aliphatic rings. The van der Waals surface area contributed by atoms with Crippen LogP contribution in [0.1, 0.15) is 34.1 Å². The van der Waals surface area contributed by atoms with Gasteiger partial charge in [0.2, 0.25) is 10.0 Å². The topological polar surface area (TPSA) is 81.2 Å². The van der Waals surface area contributed by atoms with Gasteiger partial charge in [0.15, 0.2) is 5.82 Å². The van der Waals surface area contributed by atoms with Crippen LogP contribution in [0.3, 0.4) is 0 Å². The molecule has 0 saturated carbocycles. The van der Waals surface area contributed by atoms with Crippen molar-refractivity contribution < 1.29 is 8.42 Å². The van der Waals surface area contributed by atoms with Crippen LogP contribution in [0.25, 0.3) is 0 Å². The fraction of sp³-hybridized carbons (Fsp3) is 0.750. The number of nitrogen functional groups attached to an aromatic ring is 1. The first kappa shape index (κ1) is 16.0. The molecule has 0 fully saturated rings. The Morgan fingerprint density at radius 1 is 1.42 bits per heavy atom. The van der Waals surface area contributed by atoms with Gasteiger partial charge in [-0.2, -0.15) is 9.40 Å². The predicted octanol–water partition coefficient (Wildman–Crippen LogP) is 1.54. The molecular formula is C12H24N4O2S. The third-order valence-corrected chi connectivity index (χ3v) is 4.70. The van der Waals surface area contributed by atoms with Crippen molar-refractivity contribution in [1.29, 1.82) is 0 Å². The van der Waals surface area contributed by atoms with Crippen molar-refractivity contribution in [2.75, 3.05) is 18.8 Å². The summed E-state index contributed by atoms with van der Waals surface area (Å²) in [6.07, 6.45) is 2.40. The van der Waals surface area contributed by atoms with Crippen LogP contribution in [0, 0.1) is 5.92 Å². The van der Waals surface area contributed by atoms with E-state index < -0.39 is 10.0 Å². The van der Waals surface area contributed by atoms with Crippen molar-refractivity contribution in [3.05, 3.63) is 6.20 Å². The van der Waals surface area contributed by atoms with Crippen LogP contribution in [0.15, 0.2) is 11.1 Å². The molecule has 1 aromatic rings. The third-order valence-electron chi connectivity index (χ3n) is 2.75. The lowest BCUT2D eigenvalue weighted by Crippen LogP contribution is -2.34. The molecule has 19 heavy (non-hydrogen) atoms. The van der Waals surface area contributed by atoms with Crippen LogP contribution >= 0.6 is 0 Å². The van der Waals surface area contributed by atoms with Gasteiger partial charge >= 0.3 is 0 Å². The Balaban J connectivity index is 3.10. The van der Waals surface area contributed by atoms with E-state index in [-0.39, 0.29) is 16.6 Å². The first-order chi connectivity index (χ1) is 8.82. The smallest absolute Gasteiger partial charge is 0.248 e. The van der Waals surface area contributed by atoms with Crippen molar-refractivity contribution in [3.63, 3.8) is 0 Å². The first-order valence-corrected chi connectivity index (χ1v) is 8.10. The van der Waals surface area contributed by atoms with E-state index in [2.05, 4.69) is 5.10 Å². The van der Waals surface area contributed by atoms with Crippen molar-refractivity contribution in [2.45, 2.75) is 45.6 Å². The van der Waals surface area contributed by atoms with E-state index in [0.717, 1.165) is 6.42 Å². The van der Waals surface area contributed by atoms with Gasteiger partial charge < -0.3 is 5.73 Å². The molecule has 110 valence electrons. The number of aromatic nitrogens is 2. The van der Waals surface area contributed by atoms with Gasteiger partial charge in [0.05, 0.1) is 0 Å². The van der Waals surface area contributed by atoms with E-state index >= 15 is 0 Å². The Labute approximate surface area is 115 Å². The molecule has 0 amide bonds. The Morgan fingerprint density at radius 2 is 2.05 bits per heavy atom. The van der Waals surface area contributed by atoms with Gasteiger partial charge in [0.1, 0.15) is 4.90 Å². The van der Waals surface area contributed by atoms with E-state index in [1.807, 2.05) is 27.7 Å². The van der Waals surface area contributed by atoms with Crippen molar-refractivity contribution in [2.24, 2.45) is 5.92 Å². The number of rotatable bonds is 7. The summed E-state index contributed by atoms with van der Waals surface area (Å²) in [5.74, 6) is 0.345. The zero-order chi connectivity index (χ0) is 14.6. The zero-order valence-electron chi connectivity index (χ0n) is 12.1. The molecule has 1 rings (SSSR count). The summed E-state index contributed by atoms with van der Waals surface area (Å²) in [5, 5.41) is 4.05. The van der Waals surface area contributed by atoms with Crippen LogP contribution in [-0.2, 0) is 16.6 Å². The van der Waals surface area contributed by atoms with E-state index in [0.29, 0.717) is 19.6 Å². The quantitative estimate of drug-likeness (QED) is 0.825. The van der Waals surface area contributed by atoms with Gasteiger partial charge in [-0.3, -0.25) is 4.68 Å². The summed E-state index contributed by atoms with van der Waals surface area (Å²) >= 11 is 0. The lowest BCUT2D eigenvalue weighted by atomic mass is 10.2. The number of anilines is 1. The monoisotopic (exact) mass is 288 g/mol. The number of nitrogens with zero attached hydrogens (tertiary/aromatic N) is 3. The largest absolute Gasteiger partial charge is 0.381 e. The maximum atomic E-state index is 12.5. The average molecular weight is 288 g/mol. The average Bonchev–Trinajstić information content (AvgIpc) is 2.68. The zero-order valence-corrected chi connectivity index (χ0v) is 12.9. The second kappa shape index (κ2) is 6.38. The highest BCUT2D eigenvalue weighted by atomic mass is 32.2. The van der Waals surface area contributed by atoms with Gasteiger partial charge in [-0.25, -0.2) is 8.42 Å². The first-order valence-electron chi connectivity index (χ1n) is 6.66. The van der Waals surface area contributed by atoms with Crippen molar-refractivity contribution in [1.82, 2.24) is 14.1 Å². The van der Waals surface area contributed by atoms with Crippen LogP contribution < -0.4 is 5.73 Å². The molecule has 6 nitrogen and oxygen atoms in total. The van der Waals surface area contributed by atoms with Gasteiger partial charge in [0.25, 0.3) is 0 Å². The number of nitrogens with two attached hydrogens (primary N) is 1. The molecule has 7 heteroatoms. The maximum absolute atomic E-state index is 12.5. The molecule has 0 radical (unpaired) electrons. The molecule has 1 aromatic heterocycles. The van der Waals surface area contributed by atoms with Gasteiger partial charge in [-0.15, -0.1) is 0 Å². The molecule has 0 bridgehead atoms. The standard InChI is InChI=1S/C12H24N4O2S/c1-5-7-15-9-11(12(13)14-15)19(17,18)16(6-2)8-10(3)4/h9-10H,5-8H2,1-4H3,(H2,13,14). The molecule has 0 unspecified atom stereocenters.